The number of unbranched alkanes of at least 4 members (excludes halogenated alkanes) is 1. The van der Waals surface area contributed by atoms with Gasteiger partial charge in [0.15, 0.2) is 0 Å². The van der Waals surface area contributed by atoms with E-state index in [0.29, 0.717) is 31.0 Å². The topological polar surface area (TPSA) is 30.5 Å². The highest BCUT2D eigenvalue weighted by molar-refractivity contribution is 5.40. The van der Waals surface area contributed by atoms with Gasteiger partial charge in [0.25, 0.3) is 0 Å². The Labute approximate surface area is 117 Å². The summed E-state index contributed by atoms with van der Waals surface area (Å²) < 4.78 is 46.2. The largest absolute Gasteiger partial charge is 0.497 e. The van der Waals surface area contributed by atoms with Crippen molar-refractivity contribution in [3.05, 3.63) is 23.8 Å². The van der Waals surface area contributed by atoms with Crippen LogP contribution in [0.1, 0.15) is 24.8 Å². The zero-order valence-electron chi connectivity index (χ0n) is 11.7. The van der Waals surface area contributed by atoms with Gasteiger partial charge in [-0.2, -0.15) is 13.2 Å². The summed E-state index contributed by atoms with van der Waals surface area (Å²) in [6.45, 7) is 1.10. The number of nitrogens with one attached hydrogen (secondary N) is 1. The molecule has 0 radical (unpaired) electrons. The van der Waals surface area contributed by atoms with E-state index in [-0.39, 0.29) is 6.42 Å². The quantitative estimate of drug-likeness (QED) is 0.743. The van der Waals surface area contributed by atoms with E-state index in [1.54, 1.807) is 20.3 Å². The van der Waals surface area contributed by atoms with Crippen molar-refractivity contribution in [1.29, 1.82) is 0 Å². The molecule has 0 atom stereocenters. The highest BCUT2D eigenvalue weighted by atomic mass is 19.4. The molecule has 0 aliphatic rings. The Hall–Kier alpha value is -1.43. The Bertz CT molecular complexity index is 408. The van der Waals surface area contributed by atoms with Gasteiger partial charge in [-0.15, -0.1) is 0 Å². The number of hydrogen-bond acceptors (Lipinski definition) is 3. The third-order valence-corrected chi connectivity index (χ3v) is 2.87. The number of alkyl halides is 3. The summed E-state index contributed by atoms with van der Waals surface area (Å²) in [5.74, 6) is 1.41. The molecular weight excluding hydrogens is 271 g/mol. The predicted molar refractivity (Wildman–Crippen MR) is 71.2 cm³/mol. The third kappa shape index (κ3) is 6.14. The first-order valence-corrected chi connectivity index (χ1v) is 6.44. The molecule has 0 aliphatic heterocycles. The maximum absolute atomic E-state index is 12.0. The van der Waals surface area contributed by atoms with Gasteiger partial charge in [-0.05, 0) is 25.5 Å². The lowest BCUT2D eigenvalue weighted by molar-refractivity contribution is -0.135. The normalized spacial score (nSPS) is 11.4. The maximum Gasteiger partial charge on any atom is 0.389 e. The summed E-state index contributed by atoms with van der Waals surface area (Å²) in [5, 5.41) is 3.11. The van der Waals surface area contributed by atoms with Crippen LogP contribution in [0.2, 0.25) is 0 Å². The average molecular weight is 291 g/mol. The molecule has 1 rings (SSSR count). The Morgan fingerprint density at radius 3 is 2.45 bits per heavy atom. The van der Waals surface area contributed by atoms with Crippen molar-refractivity contribution >= 4 is 0 Å². The van der Waals surface area contributed by atoms with E-state index in [4.69, 9.17) is 9.47 Å². The van der Waals surface area contributed by atoms with Gasteiger partial charge in [0.2, 0.25) is 0 Å². The van der Waals surface area contributed by atoms with Crippen molar-refractivity contribution in [3.63, 3.8) is 0 Å². The Morgan fingerprint density at radius 1 is 1.10 bits per heavy atom. The summed E-state index contributed by atoms with van der Waals surface area (Å²) in [5.41, 5.74) is 0.948. The lowest BCUT2D eigenvalue weighted by atomic mass is 10.2. The summed E-state index contributed by atoms with van der Waals surface area (Å²) in [6, 6.07) is 5.48. The zero-order valence-corrected chi connectivity index (χ0v) is 11.7. The molecular formula is C14H20F3NO2. The third-order valence-electron chi connectivity index (χ3n) is 2.87. The SMILES string of the molecule is COc1ccc(CNCCCCC(F)(F)F)c(OC)c1. The van der Waals surface area contributed by atoms with Gasteiger partial charge in [0, 0.05) is 24.6 Å². The molecule has 1 N–H and O–H groups in total. The smallest absolute Gasteiger partial charge is 0.389 e. The van der Waals surface area contributed by atoms with E-state index in [1.165, 1.54) is 0 Å². The molecule has 3 nitrogen and oxygen atoms in total. The second kappa shape index (κ2) is 7.99. The molecule has 1 aromatic rings. The first kappa shape index (κ1) is 16.6. The maximum atomic E-state index is 12.0. The fourth-order valence-corrected chi connectivity index (χ4v) is 1.80. The van der Waals surface area contributed by atoms with Gasteiger partial charge < -0.3 is 14.8 Å². The van der Waals surface area contributed by atoms with Crippen LogP contribution in [0.25, 0.3) is 0 Å². The van der Waals surface area contributed by atoms with Gasteiger partial charge in [0.05, 0.1) is 14.2 Å². The van der Waals surface area contributed by atoms with E-state index in [2.05, 4.69) is 5.32 Å². The molecule has 0 fully saturated rings. The second-order valence-electron chi connectivity index (χ2n) is 4.43. The minimum Gasteiger partial charge on any atom is -0.497 e. The van der Waals surface area contributed by atoms with Crippen molar-refractivity contribution in [3.8, 4) is 11.5 Å². The highest BCUT2D eigenvalue weighted by Crippen LogP contribution is 2.24. The molecule has 0 spiro atoms. The summed E-state index contributed by atoms with van der Waals surface area (Å²) >= 11 is 0. The van der Waals surface area contributed by atoms with Gasteiger partial charge in [-0.25, -0.2) is 0 Å². The number of halogens is 3. The second-order valence-corrected chi connectivity index (χ2v) is 4.43. The van der Waals surface area contributed by atoms with E-state index in [1.807, 2.05) is 12.1 Å². The van der Waals surface area contributed by atoms with Crippen LogP contribution >= 0.6 is 0 Å². The van der Waals surface area contributed by atoms with Gasteiger partial charge >= 0.3 is 6.18 Å². The minimum absolute atomic E-state index is 0.149. The van der Waals surface area contributed by atoms with E-state index in [0.717, 1.165) is 5.56 Å². The molecule has 0 bridgehead atoms. The van der Waals surface area contributed by atoms with Crippen LogP contribution in [0, 0.1) is 0 Å². The minimum atomic E-state index is -4.06. The first-order valence-electron chi connectivity index (χ1n) is 6.44. The molecule has 0 saturated heterocycles. The van der Waals surface area contributed by atoms with Crippen LogP contribution in [0.15, 0.2) is 18.2 Å². The van der Waals surface area contributed by atoms with Crippen molar-refractivity contribution in [1.82, 2.24) is 5.32 Å². The Balaban J connectivity index is 2.31. The molecule has 0 saturated carbocycles. The van der Waals surface area contributed by atoms with Crippen LogP contribution in [-0.4, -0.2) is 26.9 Å². The summed E-state index contributed by atoms with van der Waals surface area (Å²) in [7, 11) is 3.15. The Morgan fingerprint density at radius 2 is 1.85 bits per heavy atom. The van der Waals surface area contributed by atoms with Gasteiger partial charge in [-0.3, -0.25) is 0 Å². The van der Waals surface area contributed by atoms with Crippen LogP contribution in [0.3, 0.4) is 0 Å². The van der Waals surface area contributed by atoms with Crippen molar-refractivity contribution in [2.24, 2.45) is 0 Å². The summed E-state index contributed by atoms with van der Waals surface area (Å²) in [4.78, 5) is 0. The van der Waals surface area contributed by atoms with E-state index >= 15 is 0 Å². The van der Waals surface area contributed by atoms with Crippen LogP contribution in [0.5, 0.6) is 11.5 Å². The average Bonchev–Trinajstić information content (AvgIpc) is 2.41. The van der Waals surface area contributed by atoms with E-state index in [9.17, 15) is 13.2 Å². The van der Waals surface area contributed by atoms with Crippen molar-refractivity contribution < 1.29 is 22.6 Å². The van der Waals surface area contributed by atoms with Crippen molar-refractivity contribution in [2.45, 2.75) is 32.0 Å². The van der Waals surface area contributed by atoms with E-state index < -0.39 is 12.6 Å². The van der Waals surface area contributed by atoms with Gasteiger partial charge in [0.1, 0.15) is 11.5 Å². The standard InChI is InChI=1S/C14H20F3NO2/c1-19-12-6-5-11(13(9-12)20-2)10-18-8-4-3-7-14(15,16)17/h5-6,9,18H,3-4,7-8,10H2,1-2H3. The number of benzene rings is 1. The van der Waals surface area contributed by atoms with Crippen LogP contribution in [-0.2, 0) is 6.54 Å². The van der Waals surface area contributed by atoms with Crippen molar-refractivity contribution in [2.75, 3.05) is 20.8 Å². The van der Waals surface area contributed by atoms with Crippen LogP contribution < -0.4 is 14.8 Å². The molecule has 6 heteroatoms. The molecule has 20 heavy (non-hydrogen) atoms. The lowest BCUT2D eigenvalue weighted by Gasteiger charge is -2.11. The summed E-state index contributed by atoms with van der Waals surface area (Å²) in [6.07, 6.45) is -4.13. The monoisotopic (exact) mass is 291 g/mol. The fraction of sp³-hybridized carbons (Fsp3) is 0.571. The molecule has 0 aliphatic carbocycles. The number of rotatable bonds is 8. The molecule has 1 aromatic carbocycles. The van der Waals surface area contributed by atoms with Gasteiger partial charge in [-0.1, -0.05) is 6.07 Å². The molecule has 0 amide bonds. The van der Waals surface area contributed by atoms with Crippen LogP contribution in [0.4, 0.5) is 13.2 Å². The highest BCUT2D eigenvalue weighted by Gasteiger charge is 2.25. The zero-order chi connectivity index (χ0) is 15.0. The molecule has 114 valence electrons. The first-order chi connectivity index (χ1) is 9.46. The Kier molecular flexibility index (Phi) is 6.64. The molecule has 0 heterocycles. The number of hydrogen-bond donors (Lipinski definition) is 1. The number of methoxy groups -OCH3 is 2. The molecule has 0 aromatic heterocycles. The predicted octanol–water partition coefficient (Wildman–Crippen LogP) is 3.53. The molecule has 0 unspecified atom stereocenters. The number of ether oxygens (including phenoxy) is 2. The fourth-order valence-electron chi connectivity index (χ4n) is 1.80. The lowest BCUT2D eigenvalue weighted by Crippen LogP contribution is -2.16.